The van der Waals surface area contributed by atoms with E-state index in [1.807, 2.05) is 32.9 Å². The fourth-order valence-corrected chi connectivity index (χ4v) is 3.92. The van der Waals surface area contributed by atoms with E-state index in [4.69, 9.17) is 4.74 Å². The Balaban J connectivity index is 1.67. The SMILES string of the molecule is CC1CN(C(=O)Nc2nnc(-c3ccc(C(C)C)cc3)s2)CC(C)(C)O1. The maximum Gasteiger partial charge on any atom is 0.323 e. The topological polar surface area (TPSA) is 67.4 Å². The van der Waals surface area contributed by atoms with Crippen molar-refractivity contribution in [2.45, 2.75) is 52.2 Å². The van der Waals surface area contributed by atoms with Crippen LogP contribution in [-0.2, 0) is 4.74 Å². The maximum atomic E-state index is 12.6. The number of ether oxygens (including phenoxy) is 1. The third kappa shape index (κ3) is 4.40. The van der Waals surface area contributed by atoms with Crippen LogP contribution in [0, 0.1) is 0 Å². The van der Waals surface area contributed by atoms with Crippen LogP contribution in [0.4, 0.5) is 9.93 Å². The number of morpholine rings is 1. The second-order valence-electron chi connectivity index (χ2n) is 7.69. The van der Waals surface area contributed by atoms with Crippen LogP contribution in [0.5, 0.6) is 0 Å². The predicted octanol–water partition coefficient (Wildman–Crippen LogP) is 4.36. The molecule has 1 N–H and O–H groups in total. The number of rotatable bonds is 3. The number of carbonyl (C=O) groups is 1. The van der Waals surface area contributed by atoms with E-state index < -0.39 is 0 Å². The third-order valence-electron chi connectivity index (χ3n) is 4.32. The van der Waals surface area contributed by atoms with Crippen molar-refractivity contribution in [1.29, 1.82) is 0 Å². The van der Waals surface area contributed by atoms with Gasteiger partial charge in [-0.3, -0.25) is 5.32 Å². The molecule has 1 unspecified atom stereocenters. The summed E-state index contributed by atoms with van der Waals surface area (Å²) in [7, 11) is 0. The molecule has 1 fully saturated rings. The van der Waals surface area contributed by atoms with Gasteiger partial charge in [-0.2, -0.15) is 0 Å². The third-order valence-corrected chi connectivity index (χ3v) is 5.21. The zero-order chi connectivity index (χ0) is 18.9. The first-order valence-corrected chi connectivity index (χ1v) is 9.73. The summed E-state index contributed by atoms with van der Waals surface area (Å²) in [6.45, 7) is 11.4. The molecule has 1 saturated heterocycles. The van der Waals surface area contributed by atoms with Crippen LogP contribution in [0.15, 0.2) is 24.3 Å². The van der Waals surface area contributed by atoms with Crippen molar-refractivity contribution in [2.24, 2.45) is 0 Å². The molecule has 6 nitrogen and oxygen atoms in total. The molecular weight excluding hydrogens is 348 g/mol. The highest BCUT2D eigenvalue weighted by Gasteiger charge is 2.34. The Bertz CT molecular complexity index is 770. The van der Waals surface area contributed by atoms with Crippen molar-refractivity contribution in [3.63, 3.8) is 0 Å². The number of hydrogen-bond acceptors (Lipinski definition) is 5. The summed E-state index contributed by atoms with van der Waals surface area (Å²) in [4.78, 5) is 14.3. The van der Waals surface area contributed by atoms with Crippen LogP contribution < -0.4 is 5.32 Å². The summed E-state index contributed by atoms with van der Waals surface area (Å²) in [6, 6.07) is 8.15. The van der Waals surface area contributed by atoms with Gasteiger partial charge in [0.05, 0.1) is 18.2 Å². The van der Waals surface area contributed by atoms with Gasteiger partial charge in [0.2, 0.25) is 5.13 Å². The van der Waals surface area contributed by atoms with Crippen molar-refractivity contribution in [2.75, 3.05) is 18.4 Å². The average molecular weight is 375 g/mol. The van der Waals surface area contributed by atoms with Gasteiger partial charge in [0, 0.05) is 12.1 Å². The Morgan fingerprint density at radius 2 is 2.00 bits per heavy atom. The number of nitrogens with one attached hydrogen (secondary N) is 1. The van der Waals surface area contributed by atoms with Crippen molar-refractivity contribution >= 4 is 22.5 Å². The molecule has 2 heterocycles. The molecule has 1 aromatic heterocycles. The summed E-state index contributed by atoms with van der Waals surface area (Å²) >= 11 is 1.38. The van der Waals surface area contributed by atoms with E-state index in [9.17, 15) is 4.79 Å². The van der Waals surface area contributed by atoms with E-state index in [0.29, 0.717) is 24.1 Å². The largest absolute Gasteiger partial charge is 0.369 e. The highest BCUT2D eigenvalue weighted by molar-refractivity contribution is 7.18. The number of amides is 2. The quantitative estimate of drug-likeness (QED) is 0.867. The van der Waals surface area contributed by atoms with Crippen LogP contribution in [0.25, 0.3) is 10.6 Å². The molecule has 1 atom stereocenters. The Kier molecular flexibility index (Phi) is 5.29. The van der Waals surface area contributed by atoms with Gasteiger partial charge >= 0.3 is 6.03 Å². The molecule has 0 saturated carbocycles. The van der Waals surface area contributed by atoms with Crippen molar-refractivity contribution in [3.05, 3.63) is 29.8 Å². The van der Waals surface area contributed by atoms with Gasteiger partial charge in [0.25, 0.3) is 0 Å². The lowest BCUT2D eigenvalue weighted by molar-refractivity contribution is -0.116. The fourth-order valence-electron chi connectivity index (χ4n) is 3.18. The van der Waals surface area contributed by atoms with Gasteiger partial charge in [0.15, 0.2) is 0 Å². The van der Waals surface area contributed by atoms with Gasteiger partial charge in [-0.1, -0.05) is 49.4 Å². The number of hydrogen-bond donors (Lipinski definition) is 1. The average Bonchev–Trinajstić information content (AvgIpc) is 3.01. The van der Waals surface area contributed by atoms with Crippen molar-refractivity contribution in [1.82, 2.24) is 15.1 Å². The molecule has 0 aliphatic carbocycles. The van der Waals surface area contributed by atoms with E-state index in [2.05, 4.69) is 41.5 Å². The second kappa shape index (κ2) is 7.32. The number of aromatic nitrogens is 2. The van der Waals surface area contributed by atoms with E-state index in [0.717, 1.165) is 10.6 Å². The summed E-state index contributed by atoms with van der Waals surface area (Å²) < 4.78 is 5.85. The molecule has 2 aromatic rings. The lowest BCUT2D eigenvalue weighted by Crippen LogP contribution is -2.54. The first kappa shape index (κ1) is 18.8. The molecular formula is C19H26N4O2S. The van der Waals surface area contributed by atoms with Gasteiger partial charge < -0.3 is 9.64 Å². The van der Waals surface area contributed by atoms with Crippen LogP contribution in [0.3, 0.4) is 0 Å². The molecule has 0 radical (unpaired) electrons. The minimum atomic E-state index is -0.348. The number of anilines is 1. The summed E-state index contributed by atoms with van der Waals surface area (Å²) in [6.07, 6.45) is 0.00829. The molecule has 26 heavy (non-hydrogen) atoms. The normalized spacial score (nSPS) is 19.6. The van der Waals surface area contributed by atoms with E-state index in [1.165, 1.54) is 16.9 Å². The molecule has 2 amide bonds. The van der Waals surface area contributed by atoms with Crippen LogP contribution >= 0.6 is 11.3 Å². The molecule has 140 valence electrons. The Morgan fingerprint density at radius 1 is 1.31 bits per heavy atom. The maximum absolute atomic E-state index is 12.6. The molecule has 1 aliphatic rings. The minimum Gasteiger partial charge on any atom is -0.369 e. The Labute approximate surface area is 158 Å². The zero-order valence-corrected chi connectivity index (χ0v) is 16.8. The van der Waals surface area contributed by atoms with Gasteiger partial charge in [-0.25, -0.2) is 4.79 Å². The zero-order valence-electron chi connectivity index (χ0n) is 15.9. The van der Waals surface area contributed by atoms with E-state index >= 15 is 0 Å². The Hall–Kier alpha value is -1.99. The number of urea groups is 1. The van der Waals surface area contributed by atoms with Crippen LogP contribution in [0.2, 0.25) is 0 Å². The Morgan fingerprint density at radius 3 is 2.62 bits per heavy atom. The molecule has 1 aromatic carbocycles. The highest BCUT2D eigenvalue weighted by atomic mass is 32.1. The lowest BCUT2D eigenvalue weighted by Gasteiger charge is -2.41. The highest BCUT2D eigenvalue weighted by Crippen LogP contribution is 2.28. The molecule has 0 spiro atoms. The van der Waals surface area contributed by atoms with Crippen molar-refractivity contribution in [3.8, 4) is 10.6 Å². The van der Waals surface area contributed by atoms with Crippen LogP contribution in [0.1, 0.15) is 46.1 Å². The fraction of sp³-hybridized carbons (Fsp3) is 0.526. The number of carbonyl (C=O) groups excluding carboxylic acids is 1. The predicted molar refractivity (Wildman–Crippen MR) is 105 cm³/mol. The lowest BCUT2D eigenvalue weighted by atomic mass is 10.0. The molecule has 7 heteroatoms. The van der Waals surface area contributed by atoms with Gasteiger partial charge in [-0.05, 0) is 32.3 Å². The summed E-state index contributed by atoms with van der Waals surface area (Å²) in [5, 5.41) is 12.5. The van der Waals surface area contributed by atoms with Gasteiger partial charge in [0.1, 0.15) is 5.01 Å². The van der Waals surface area contributed by atoms with E-state index in [1.54, 1.807) is 4.90 Å². The monoisotopic (exact) mass is 374 g/mol. The molecule has 1 aliphatic heterocycles. The number of benzene rings is 1. The van der Waals surface area contributed by atoms with E-state index in [-0.39, 0.29) is 17.7 Å². The molecule has 0 bridgehead atoms. The van der Waals surface area contributed by atoms with Crippen molar-refractivity contribution < 1.29 is 9.53 Å². The first-order chi connectivity index (χ1) is 12.2. The molecule has 3 rings (SSSR count). The minimum absolute atomic E-state index is 0.00829. The number of nitrogens with zero attached hydrogens (tertiary/aromatic N) is 3. The smallest absolute Gasteiger partial charge is 0.323 e. The second-order valence-corrected chi connectivity index (χ2v) is 8.67. The van der Waals surface area contributed by atoms with Crippen LogP contribution in [-0.4, -0.2) is 45.9 Å². The first-order valence-electron chi connectivity index (χ1n) is 8.91. The summed E-state index contributed by atoms with van der Waals surface area (Å²) in [5.41, 5.74) is 1.95. The standard InChI is InChI=1S/C19H26N4O2S/c1-12(2)14-6-8-15(9-7-14)16-21-22-17(26-16)20-18(24)23-10-13(3)25-19(4,5)11-23/h6-9,12-13H,10-11H2,1-5H3,(H,20,22,24). The van der Waals surface area contributed by atoms with Gasteiger partial charge in [-0.15, -0.1) is 10.2 Å². The summed E-state index contributed by atoms with van der Waals surface area (Å²) in [5.74, 6) is 0.494.